The van der Waals surface area contributed by atoms with Crippen LogP contribution in [-0.2, 0) is 6.42 Å². The Labute approximate surface area is 139 Å². The second kappa shape index (κ2) is 6.84. The molecule has 2 aromatic carbocycles. The van der Waals surface area contributed by atoms with E-state index >= 15 is 0 Å². The van der Waals surface area contributed by atoms with E-state index in [2.05, 4.69) is 21.4 Å². The van der Waals surface area contributed by atoms with Crippen molar-refractivity contribution in [2.45, 2.75) is 6.42 Å². The topological polar surface area (TPSA) is 80.1 Å². The highest BCUT2D eigenvalue weighted by molar-refractivity contribution is 5.93. The highest BCUT2D eigenvalue weighted by Crippen LogP contribution is 2.34. The molecule has 0 spiro atoms. The number of hydrogen-bond acceptors (Lipinski definition) is 6. The Hall–Kier alpha value is -3.33. The maximum absolute atomic E-state index is 8.73. The van der Waals surface area contributed by atoms with Crippen molar-refractivity contribution in [1.29, 1.82) is 5.26 Å². The molecule has 3 rings (SSSR count). The average molecular weight is 320 g/mol. The quantitative estimate of drug-likeness (QED) is 0.775. The molecular formula is C18H16N4O2. The van der Waals surface area contributed by atoms with E-state index in [0.29, 0.717) is 23.7 Å². The zero-order valence-electron chi connectivity index (χ0n) is 13.4. The van der Waals surface area contributed by atoms with Gasteiger partial charge in [0.25, 0.3) is 0 Å². The van der Waals surface area contributed by atoms with E-state index in [1.165, 1.54) is 6.33 Å². The molecule has 120 valence electrons. The number of rotatable bonds is 5. The predicted molar refractivity (Wildman–Crippen MR) is 91.7 cm³/mol. The summed E-state index contributed by atoms with van der Waals surface area (Å²) < 4.78 is 10.7. The third kappa shape index (κ3) is 3.06. The summed E-state index contributed by atoms with van der Waals surface area (Å²) in [5.41, 5.74) is 2.61. The van der Waals surface area contributed by atoms with Gasteiger partial charge >= 0.3 is 0 Å². The number of hydrogen-bond donors (Lipinski definition) is 1. The molecule has 0 amide bonds. The summed E-state index contributed by atoms with van der Waals surface area (Å²) in [5, 5.41) is 12.8. The van der Waals surface area contributed by atoms with Gasteiger partial charge in [-0.05, 0) is 23.8 Å². The lowest BCUT2D eigenvalue weighted by atomic mass is 10.1. The van der Waals surface area contributed by atoms with Crippen LogP contribution < -0.4 is 14.8 Å². The largest absolute Gasteiger partial charge is 0.493 e. The van der Waals surface area contributed by atoms with E-state index in [1.807, 2.05) is 36.4 Å². The van der Waals surface area contributed by atoms with E-state index in [0.717, 1.165) is 22.2 Å². The molecule has 6 nitrogen and oxygen atoms in total. The van der Waals surface area contributed by atoms with Gasteiger partial charge in [-0.25, -0.2) is 9.97 Å². The summed E-state index contributed by atoms with van der Waals surface area (Å²) in [6.45, 7) is 0. The van der Waals surface area contributed by atoms with Crippen LogP contribution in [0.5, 0.6) is 11.5 Å². The molecule has 0 fully saturated rings. The molecule has 0 unspecified atom stereocenters. The standard InChI is InChI=1S/C18H16N4O2/c1-23-16-9-14-15(10-17(16)24-2)20-11-21-18(14)22-13-5-3-12(4-6-13)7-8-19/h3-6,9-11H,7H2,1-2H3,(H,20,21,22). The number of fused-ring (bicyclic) bond motifs is 1. The minimum Gasteiger partial charge on any atom is -0.493 e. The van der Waals surface area contributed by atoms with Crippen molar-refractivity contribution >= 4 is 22.4 Å². The molecule has 6 heteroatoms. The number of nitrogens with zero attached hydrogens (tertiary/aromatic N) is 3. The summed E-state index contributed by atoms with van der Waals surface area (Å²) >= 11 is 0. The smallest absolute Gasteiger partial charge is 0.162 e. The fraction of sp³-hybridized carbons (Fsp3) is 0.167. The Morgan fingerprint density at radius 1 is 1.04 bits per heavy atom. The zero-order chi connectivity index (χ0) is 16.9. The molecule has 0 aliphatic carbocycles. The van der Waals surface area contributed by atoms with Gasteiger partial charge in [0.05, 0.1) is 32.2 Å². The van der Waals surface area contributed by atoms with Crippen molar-refractivity contribution in [3.05, 3.63) is 48.3 Å². The SMILES string of the molecule is COc1cc2ncnc(Nc3ccc(CC#N)cc3)c2cc1OC. The van der Waals surface area contributed by atoms with Gasteiger partial charge < -0.3 is 14.8 Å². The molecule has 0 aliphatic rings. The molecule has 1 aromatic heterocycles. The van der Waals surface area contributed by atoms with E-state index in [4.69, 9.17) is 14.7 Å². The molecule has 1 N–H and O–H groups in total. The van der Waals surface area contributed by atoms with Gasteiger partial charge in [0.15, 0.2) is 11.5 Å². The minimum absolute atomic E-state index is 0.397. The van der Waals surface area contributed by atoms with Crippen LogP contribution in [0.25, 0.3) is 10.9 Å². The number of nitriles is 1. The van der Waals surface area contributed by atoms with Crippen LogP contribution in [0.1, 0.15) is 5.56 Å². The van der Waals surface area contributed by atoms with Gasteiger partial charge in [-0.2, -0.15) is 5.26 Å². The minimum atomic E-state index is 0.397. The monoisotopic (exact) mass is 320 g/mol. The summed E-state index contributed by atoms with van der Waals surface area (Å²) in [6.07, 6.45) is 1.90. The van der Waals surface area contributed by atoms with Crippen LogP contribution in [-0.4, -0.2) is 24.2 Å². The molecule has 3 aromatic rings. The highest BCUT2D eigenvalue weighted by atomic mass is 16.5. The summed E-state index contributed by atoms with van der Waals surface area (Å²) in [5.74, 6) is 1.91. The lowest BCUT2D eigenvalue weighted by Gasteiger charge is -2.12. The second-order valence-electron chi connectivity index (χ2n) is 5.10. The third-order valence-electron chi connectivity index (χ3n) is 3.64. The Bertz CT molecular complexity index is 901. The Balaban J connectivity index is 1.98. The summed E-state index contributed by atoms with van der Waals surface area (Å²) in [4.78, 5) is 8.60. The first-order valence-corrected chi connectivity index (χ1v) is 7.35. The van der Waals surface area contributed by atoms with Crippen LogP contribution in [0.3, 0.4) is 0 Å². The molecule has 0 saturated carbocycles. The molecule has 0 saturated heterocycles. The molecular weight excluding hydrogens is 304 g/mol. The first-order valence-electron chi connectivity index (χ1n) is 7.35. The van der Waals surface area contributed by atoms with E-state index < -0.39 is 0 Å². The fourth-order valence-electron chi connectivity index (χ4n) is 2.42. The molecule has 0 atom stereocenters. The number of benzene rings is 2. The maximum Gasteiger partial charge on any atom is 0.162 e. The van der Waals surface area contributed by atoms with Crippen molar-refractivity contribution < 1.29 is 9.47 Å². The van der Waals surface area contributed by atoms with Crippen LogP contribution >= 0.6 is 0 Å². The van der Waals surface area contributed by atoms with E-state index in [-0.39, 0.29) is 0 Å². The van der Waals surface area contributed by atoms with Gasteiger partial charge in [-0.3, -0.25) is 0 Å². The van der Waals surface area contributed by atoms with Crippen LogP contribution in [0.4, 0.5) is 11.5 Å². The maximum atomic E-state index is 8.73. The van der Waals surface area contributed by atoms with Crippen molar-refractivity contribution in [3.8, 4) is 17.6 Å². The normalized spacial score (nSPS) is 10.2. The molecule has 1 heterocycles. The molecule has 0 radical (unpaired) electrons. The van der Waals surface area contributed by atoms with Gasteiger partial charge in [-0.15, -0.1) is 0 Å². The van der Waals surface area contributed by atoms with Gasteiger partial charge in [0.2, 0.25) is 0 Å². The number of anilines is 2. The van der Waals surface area contributed by atoms with Crippen molar-refractivity contribution in [2.75, 3.05) is 19.5 Å². The fourth-order valence-corrected chi connectivity index (χ4v) is 2.42. The summed E-state index contributed by atoms with van der Waals surface area (Å²) in [7, 11) is 3.18. The van der Waals surface area contributed by atoms with Crippen LogP contribution in [0, 0.1) is 11.3 Å². The Morgan fingerprint density at radius 2 is 1.75 bits per heavy atom. The first-order chi connectivity index (χ1) is 11.7. The zero-order valence-corrected chi connectivity index (χ0v) is 13.4. The lowest BCUT2D eigenvalue weighted by Crippen LogP contribution is -1.98. The number of nitrogens with one attached hydrogen (secondary N) is 1. The van der Waals surface area contributed by atoms with Crippen LogP contribution in [0.15, 0.2) is 42.7 Å². The van der Waals surface area contributed by atoms with Gasteiger partial charge in [0.1, 0.15) is 12.1 Å². The van der Waals surface area contributed by atoms with Crippen LogP contribution in [0.2, 0.25) is 0 Å². The van der Waals surface area contributed by atoms with Crippen molar-refractivity contribution in [2.24, 2.45) is 0 Å². The van der Waals surface area contributed by atoms with E-state index in [1.54, 1.807) is 14.2 Å². The number of ether oxygens (including phenoxy) is 2. The van der Waals surface area contributed by atoms with E-state index in [9.17, 15) is 0 Å². The van der Waals surface area contributed by atoms with Gasteiger partial charge in [-0.1, -0.05) is 12.1 Å². The number of aromatic nitrogens is 2. The lowest BCUT2D eigenvalue weighted by molar-refractivity contribution is 0.356. The second-order valence-corrected chi connectivity index (χ2v) is 5.10. The Morgan fingerprint density at radius 3 is 2.42 bits per heavy atom. The molecule has 0 bridgehead atoms. The highest BCUT2D eigenvalue weighted by Gasteiger charge is 2.11. The predicted octanol–water partition coefficient (Wildman–Crippen LogP) is 3.46. The molecule has 0 aliphatic heterocycles. The van der Waals surface area contributed by atoms with Crippen molar-refractivity contribution in [1.82, 2.24) is 9.97 Å². The third-order valence-corrected chi connectivity index (χ3v) is 3.64. The first kappa shape index (κ1) is 15.6. The van der Waals surface area contributed by atoms with Gasteiger partial charge in [0, 0.05) is 17.1 Å². The molecule has 24 heavy (non-hydrogen) atoms. The average Bonchev–Trinajstić information content (AvgIpc) is 2.62. The Kier molecular flexibility index (Phi) is 4.43. The van der Waals surface area contributed by atoms with Crippen molar-refractivity contribution in [3.63, 3.8) is 0 Å². The number of methoxy groups -OCH3 is 2. The summed E-state index contributed by atoms with van der Waals surface area (Å²) in [6, 6.07) is 13.5.